The molecule has 0 radical (unpaired) electrons. The second kappa shape index (κ2) is 6.31. The van der Waals surface area contributed by atoms with E-state index in [-0.39, 0.29) is 11.6 Å². The maximum absolute atomic E-state index is 12.0. The second-order valence-corrected chi connectivity index (χ2v) is 4.91. The highest BCUT2D eigenvalue weighted by Crippen LogP contribution is 2.23. The smallest absolute Gasteiger partial charge is 0.338 e. The van der Waals surface area contributed by atoms with Crippen LogP contribution in [0.1, 0.15) is 29.3 Å². The number of benzene rings is 2. The predicted molar refractivity (Wildman–Crippen MR) is 81.7 cm³/mol. The van der Waals surface area contributed by atoms with E-state index in [1.54, 1.807) is 6.92 Å². The van der Waals surface area contributed by atoms with Crippen LogP contribution >= 0.6 is 0 Å². The van der Waals surface area contributed by atoms with Gasteiger partial charge >= 0.3 is 5.97 Å². The summed E-state index contributed by atoms with van der Waals surface area (Å²) in [6.07, 6.45) is -0.679. The second-order valence-electron chi connectivity index (χ2n) is 4.91. The molecule has 0 saturated carbocycles. The van der Waals surface area contributed by atoms with Crippen LogP contribution < -0.4 is 0 Å². The molecule has 0 spiro atoms. The molecule has 0 amide bonds. The first-order valence-corrected chi connectivity index (χ1v) is 7.02. The van der Waals surface area contributed by atoms with E-state index >= 15 is 0 Å². The lowest BCUT2D eigenvalue weighted by Crippen LogP contribution is -2.09. The van der Waals surface area contributed by atoms with E-state index < -0.39 is 12.1 Å². The minimum absolute atomic E-state index is 0.0824. The molecule has 116 valence electrons. The van der Waals surface area contributed by atoms with E-state index in [9.17, 15) is 9.90 Å². The fourth-order valence-electron chi connectivity index (χ4n) is 1.97. The molecular weight excluding hydrogens is 296 g/mol. The van der Waals surface area contributed by atoms with Crippen LogP contribution in [-0.4, -0.2) is 21.3 Å². The Kier molecular flexibility index (Phi) is 4.05. The fraction of sp³-hybridized carbons (Fsp3) is 0.118. The third kappa shape index (κ3) is 3.37. The Morgan fingerprint density at radius 3 is 2.48 bits per heavy atom. The monoisotopic (exact) mass is 310 g/mol. The topological polar surface area (TPSA) is 85.5 Å². The number of carbonyl (C=O) groups excluding carboxylic acids is 1. The molecule has 1 atom stereocenters. The van der Waals surface area contributed by atoms with Gasteiger partial charge in [0.1, 0.15) is 5.75 Å². The molecule has 3 rings (SSSR count). The molecule has 0 aliphatic rings. The first kappa shape index (κ1) is 14.8. The van der Waals surface area contributed by atoms with Gasteiger partial charge in [0.05, 0.1) is 5.56 Å². The lowest BCUT2D eigenvalue weighted by Gasteiger charge is -2.09. The van der Waals surface area contributed by atoms with Crippen molar-refractivity contribution in [1.82, 2.24) is 10.2 Å². The summed E-state index contributed by atoms with van der Waals surface area (Å²) in [4.78, 5) is 12.0. The zero-order chi connectivity index (χ0) is 16.2. The molecule has 0 unspecified atom stereocenters. The van der Waals surface area contributed by atoms with Gasteiger partial charge in [0.15, 0.2) is 6.10 Å². The Morgan fingerprint density at radius 2 is 1.78 bits per heavy atom. The summed E-state index contributed by atoms with van der Waals surface area (Å²) in [5.41, 5.74) is 1.13. The van der Waals surface area contributed by atoms with Gasteiger partial charge in [0, 0.05) is 5.56 Å². The van der Waals surface area contributed by atoms with Crippen molar-refractivity contribution in [3.8, 4) is 17.2 Å². The standard InChI is InChI=1S/C17H14N2O4/c1-11(22-17(21)13-7-9-14(20)10-8-13)15-18-19-16(23-15)12-5-3-2-4-6-12/h2-11,20H,1H3/t11-/m0/s1. The van der Waals surface area contributed by atoms with Gasteiger partial charge in [-0.3, -0.25) is 0 Å². The average Bonchev–Trinajstić information content (AvgIpc) is 3.06. The Hall–Kier alpha value is -3.15. The van der Waals surface area contributed by atoms with Crippen LogP contribution in [0.3, 0.4) is 0 Å². The van der Waals surface area contributed by atoms with E-state index in [0.717, 1.165) is 5.56 Å². The average molecular weight is 310 g/mol. The van der Waals surface area contributed by atoms with Gasteiger partial charge in [0.25, 0.3) is 5.89 Å². The van der Waals surface area contributed by atoms with Crippen LogP contribution in [0.15, 0.2) is 59.0 Å². The van der Waals surface area contributed by atoms with E-state index in [4.69, 9.17) is 9.15 Å². The molecule has 0 aliphatic carbocycles. The molecule has 0 fully saturated rings. The number of hydrogen-bond acceptors (Lipinski definition) is 6. The molecule has 1 N–H and O–H groups in total. The molecule has 1 aromatic heterocycles. The molecule has 6 nitrogen and oxygen atoms in total. The summed E-state index contributed by atoms with van der Waals surface area (Å²) in [7, 11) is 0. The van der Waals surface area contributed by atoms with Crippen LogP contribution in [0, 0.1) is 0 Å². The zero-order valence-electron chi connectivity index (χ0n) is 12.3. The van der Waals surface area contributed by atoms with Crippen molar-refractivity contribution in [2.24, 2.45) is 0 Å². The minimum Gasteiger partial charge on any atom is -0.508 e. The van der Waals surface area contributed by atoms with E-state index in [0.29, 0.717) is 11.5 Å². The highest BCUT2D eigenvalue weighted by molar-refractivity contribution is 5.89. The van der Waals surface area contributed by atoms with Gasteiger partial charge < -0.3 is 14.3 Å². The summed E-state index contributed by atoms with van der Waals surface area (Å²) in [6.45, 7) is 1.65. The van der Waals surface area contributed by atoms with Gasteiger partial charge in [-0.2, -0.15) is 0 Å². The van der Waals surface area contributed by atoms with Gasteiger partial charge in [-0.25, -0.2) is 4.79 Å². The Morgan fingerprint density at radius 1 is 1.09 bits per heavy atom. The van der Waals surface area contributed by atoms with E-state index in [1.807, 2.05) is 30.3 Å². The van der Waals surface area contributed by atoms with E-state index in [1.165, 1.54) is 24.3 Å². The largest absolute Gasteiger partial charge is 0.508 e. The third-order valence-electron chi connectivity index (χ3n) is 3.20. The molecular formula is C17H14N2O4. The van der Waals surface area contributed by atoms with Crippen LogP contribution in [0.5, 0.6) is 5.75 Å². The minimum atomic E-state index is -0.679. The Labute approximate surface area is 132 Å². The van der Waals surface area contributed by atoms with Gasteiger partial charge in [-0.15, -0.1) is 10.2 Å². The number of ether oxygens (including phenoxy) is 1. The van der Waals surface area contributed by atoms with Crippen LogP contribution in [0.25, 0.3) is 11.5 Å². The highest BCUT2D eigenvalue weighted by Gasteiger charge is 2.19. The van der Waals surface area contributed by atoms with Crippen molar-refractivity contribution in [2.75, 3.05) is 0 Å². The number of aromatic hydroxyl groups is 1. The normalized spacial score (nSPS) is 11.9. The predicted octanol–water partition coefficient (Wildman–Crippen LogP) is 3.36. The Balaban J connectivity index is 1.71. The SMILES string of the molecule is C[C@H](OC(=O)c1ccc(O)cc1)c1nnc(-c2ccccc2)o1. The molecule has 1 heterocycles. The summed E-state index contributed by atoms with van der Waals surface area (Å²) in [6, 6.07) is 15.1. The summed E-state index contributed by atoms with van der Waals surface area (Å²) in [5.74, 6) is 0.139. The third-order valence-corrected chi connectivity index (χ3v) is 3.20. The summed E-state index contributed by atoms with van der Waals surface area (Å²) < 4.78 is 10.8. The number of hydrogen-bond donors (Lipinski definition) is 1. The lowest BCUT2D eigenvalue weighted by atomic mass is 10.2. The number of esters is 1. The van der Waals surface area contributed by atoms with Crippen molar-refractivity contribution >= 4 is 5.97 Å². The van der Waals surface area contributed by atoms with Crippen LogP contribution in [0.2, 0.25) is 0 Å². The number of phenolic OH excluding ortho intramolecular Hbond substituents is 1. The van der Waals surface area contributed by atoms with Crippen molar-refractivity contribution < 1.29 is 19.1 Å². The van der Waals surface area contributed by atoms with Gasteiger partial charge in [-0.1, -0.05) is 18.2 Å². The quantitative estimate of drug-likeness (QED) is 0.744. The maximum atomic E-state index is 12.0. The Bertz CT molecular complexity index is 797. The number of carbonyl (C=O) groups is 1. The fourth-order valence-corrected chi connectivity index (χ4v) is 1.97. The van der Waals surface area contributed by atoms with Crippen molar-refractivity contribution in [1.29, 1.82) is 0 Å². The number of phenols is 1. The molecule has 0 aliphatic heterocycles. The van der Waals surface area contributed by atoms with Gasteiger partial charge in [-0.05, 0) is 43.3 Å². The first-order valence-electron chi connectivity index (χ1n) is 7.02. The van der Waals surface area contributed by atoms with Crippen LogP contribution in [-0.2, 0) is 4.74 Å². The number of nitrogens with zero attached hydrogens (tertiary/aromatic N) is 2. The van der Waals surface area contributed by atoms with Crippen molar-refractivity contribution in [3.63, 3.8) is 0 Å². The maximum Gasteiger partial charge on any atom is 0.338 e. The lowest BCUT2D eigenvalue weighted by molar-refractivity contribution is 0.0280. The molecule has 3 aromatic rings. The molecule has 2 aromatic carbocycles. The zero-order valence-corrected chi connectivity index (χ0v) is 12.3. The number of aromatic nitrogens is 2. The molecule has 23 heavy (non-hydrogen) atoms. The molecule has 6 heteroatoms. The molecule has 0 saturated heterocycles. The van der Waals surface area contributed by atoms with Gasteiger partial charge in [0.2, 0.25) is 5.89 Å². The van der Waals surface area contributed by atoms with E-state index in [2.05, 4.69) is 10.2 Å². The molecule has 0 bridgehead atoms. The van der Waals surface area contributed by atoms with Crippen LogP contribution in [0.4, 0.5) is 0 Å². The highest BCUT2D eigenvalue weighted by atomic mass is 16.6. The number of rotatable bonds is 4. The first-order chi connectivity index (χ1) is 11.1. The van der Waals surface area contributed by atoms with Crippen molar-refractivity contribution in [2.45, 2.75) is 13.0 Å². The van der Waals surface area contributed by atoms with Crippen molar-refractivity contribution in [3.05, 3.63) is 66.1 Å². The summed E-state index contributed by atoms with van der Waals surface area (Å²) >= 11 is 0. The summed E-state index contributed by atoms with van der Waals surface area (Å²) in [5, 5.41) is 17.1.